The van der Waals surface area contributed by atoms with Gasteiger partial charge in [0.05, 0.1) is 0 Å². The average Bonchev–Trinajstić information content (AvgIpc) is 2.32. The van der Waals surface area contributed by atoms with Crippen LogP contribution in [-0.2, 0) is 0 Å². The third-order valence-electron chi connectivity index (χ3n) is 2.58. The lowest BCUT2D eigenvalue weighted by molar-refractivity contribution is 0.336. The molecule has 0 radical (unpaired) electrons. The molecule has 0 aromatic heterocycles. The molecule has 1 aliphatic rings. The van der Waals surface area contributed by atoms with Crippen LogP contribution in [0.4, 0.5) is 0 Å². The molecule has 1 aromatic rings. The van der Waals surface area contributed by atoms with Gasteiger partial charge in [0.1, 0.15) is 0 Å². The highest BCUT2D eigenvalue weighted by Crippen LogP contribution is 2.09. The van der Waals surface area contributed by atoms with E-state index in [1.54, 1.807) is 0 Å². The van der Waals surface area contributed by atoms with Gasteiger partial charge >= 0.3 is 0 Å². The standard InChI is InChI=1S/C13H17NS/c1-2-5-13(6-3-1)7-4-8-14-9-11-15-12-10-14/h1-7H,8-12H2/b7-4-. The maximum atomic E-state index is 2.51. The normalized spacial score (nSPS) is 18.4. The molecule has 1 fully saturated rings. The van der Waals surface area contributed by atoms with Gasteiger partial charge in [-0.25, -0.2) is 0 Å². The summed E-state index contributed by atoms with van der Waals surface area (Å²) in [5, 5.41) is 0. The van der Waals surface area contributed by atoms with Crippen LogP contribution in [0.5, 0.6) is 0 Å². The lowest BCUT2D eigenvalue weighted by Gasteiger charge is -2.24. The van der Waals surface area contributed by atoms with Crippen molar-refractivity contribution in [3.05, 3.63) is 42.0 Å². The van der Waals surface area contributed by atoms with Gasteiger partial charge in [0.2, 0.25) is 0 Å². The molecule has 0 N–H and O–H groups in total. The van der Waals surface area contributed by atoms with Crippen molar-refractivity contribution in [1.29, 1.82) is 0 Å². The Morgan fingerprint density at radius 1 is 1.13 bits per heavy atom. The van der Waals surface area contributed by atoms with Crippen molar-refractivity contribution in [3.8, 4) is 0 Å². The summed E-state index contributed by atoms with van der Waals surface area (Å²) in [4.78, 5) is 2.51. The zero-order chi connectivity index (χ0) is 10.3. The maximum Gasteiger partial charge on any atom is 0.0167 e. The van der Waals surface area contributed by atoms with E-state index >= 15 is 0 Å². The highest BCUT2D eigenvalue weighted by molar-refractivity contribution is 7.99. The average molecular weight is 219 g/mol. The number of rotatable bonds is 3. The summed E-state index contributed by atoms with van der Waals surface area (Å²) in [6, 6.07) is 10.5. The van der Waals surface area contributed by atoms with E-state index in [-0.39, 0.29) is 0 Å². The number of benzene rings is 1. The molecule has 0 atom stereocenters. The van der Waals surface area contributed by atoms with E-state index in [1.807, 2.05) is 0 Å². The molecule has 0 saturated carbocycles. The van der Waals surface area contributed by atoms with Gasteiger partial charge < -0.3 is 0 Å². The molecule has 1 heterocycles. The summed E-state index contributed by atoms with van der Waals surface area (Å²) in [5.74, 6) is 2.58. The van der Waals surface area contributed by atoms with Crippen LogP contribution in [0.2, 0.25) is 0 Å². The lowest BCUT2D eigenvalue weighted by atomic mass is 10.2. The van der Waals surface area contributed by atoms with Crippen molar-refractivity contribution in [3.63, 3.8) is 0 Å². The number of hydrogen-bond donors (Lipinski definition) is 0. The van der Waals surface area contributed by atoms with Gasteiger partial charge in [-0.05, 0) is 5.56 Å². The molecule has 0 spiro atoms. The van der Waals surface area contributed by atoms with Gasteiger partial charge in [-0.15, -0.1) is 0 Å². The van der Waals surface area contributed by atoms with Crippen LogP contribution in [-0.4, -0.2) is 36.0 Å². The molecular formula is C13H17NS. The summed E-state index contributed by atoms with van der Waals surface area (Å²) in [5.41, 5.74) is 1.30. The molecule has 2 heteroatoms. The second kappa shape index (κ2) is 5.99. The van der Waals surface area contributed by atoms with Crippen molar-refractivity contribution in [2.75, 3.05) is 31.1 Å². The fourth-order valence-corrected chi connectivity index (χ4v) is 2.66. The first-order valence-corrected chi connectivity index (χ1v) is 6.62. The molecule has 1 nitrogen and oxygen atoms in total. The molecular weight excluding hydrogens is 202 g/mol. The molecule has 0 amide bonds. The minimum atomic E-state index is 1.09. The van der Waals surface area contributed by atoms with E-state index in [4.69, 9.17) is 0 Å². The Hall–Kier alpha value is -0.730. The van der Waals surface area contributed by atoms with Crippen LogP contribution < -0.4 is 0 Å². The molecule has 0 bridgehead atoms. The van der Waals surface area contributed by atoms with E-state index in [9.17, 15) is 0 Å². The fourth-order valence-electron chi connectivity index (χ4n) is 1.69. The Morgan fingerprint density at radius 3 is 2.60 bits per heavy atom. The third-order valence-corrected chi connectivity index (χ3v) is 3.52. The Morgan fingerprint density at radius 2 is 1.87 bits per heavy atom. The Balaban J connectivity index is 1.79. The van der Waals surface area contributed by atoms with E-state index in [0.717, 1.165) is 6.54 Å². The monoisotopic (exact) mass is 219 g/mol. The van der Waals surface area contributed by atoms with E-state index in [0.29, 0.717) is 0 Å². The second-order valence-electron chi connectivity index (χ2n) is 3.73. The summed E-state index contributed by atoms with van der Waals surface area (Å²) >= 11 is 2.06. The predicted octanol–water partition coefficient (Wildman–Crippen LogP) is 2.75. The topological polar surface area (TPSA) is 3.24 Å². The van der Waals surface area contributed by atoms with Crippen LogP contribution >= 0.6 is 11.8 Å². The first-order valence-electron chi connectivity index (χ1n) is 5.47. The maximum absolute atomic E-state index is 2.51. The number of nitrogens with zero attached hydrogens (tertiary/aromatic N) is 1. The Labute approximate surface area is 96.2 Å². The van der Waals surface area contributed by atoms with Gasteiger partial charge in [0, 0.05) is 31.1 Å². The van der Waals surface area contributed by atoms with Gasteiger partial charge in [-0.2, -0.15) is 11.8 Å². The van der Waals surface area contributed by atoms with Gasteiger partial charge in [0.25, 0.3) is 0 Å². The van der Waals surface area contributed by atoms with Crippen LogP contribution in [0.15, 0.2) is 36.4 Å². The first-order chi connectivity index (χ1) is 7.45. The third kappa shape index (κ3) is 3.73. The smallest absolute Gasteiger partial charge is 0.0167 e. The van der Waals surface area contributed by atoms with Crippen LogP contribution in [0, 0.1) is 0 Å². The molecule has 2 rings (SSSR count). The summed E-state index contributed by atoms with van der Waals surface area (Å²) < 4.78 is 0. The zero-order valence-electron chi connectivity index (χ0n) is 8.93. The highest BCUT2D eigenvalue weighted by Gasteiger charge is 2.07. The lowest BCUT2D eigenvalue weighted by Crippen LogP contribution is -2.32. The fraction of sp³-hybridized carbons (Fsp3) is 0.385. The predicted molar refractivity (Wildman–Crippen MR) is 69.2 cm³/mol. The summed E-state index contributed by atoms with van der Waals surface area (Å²) in [7, 11) is 0. The largest absolute Gasteiger partial charge is 0.298 e. The van der Waals surface area contributed by atoms with Crippen molar-refractivity contribution in [1.82, 2.24) is 4.90 Å². The first kappa shape index (κ1) is 10.8. The Bertz CT molecular complexity index is 302. The van der Waals surface area contributed by atoms with E-state index in [2.05, 4.69) is 59.1 Å². The van der Waals surface area contributed by atoms with Crippen molar-refractivity contribution in [2.24, 2.45) is 0 Å². The van der Waals surface area contributed by atoms with Crippen molar-refractivity contribution in [2.45, 2.75) is 0 Å². The van der Waals surface area contributed by atoms with E-state index < -0.39 is 0 Å². The van der Waals surface area contributed by atoms with Gasteiger partial charge in [-0.3, -0.25) is 4.90 Å². The van der Waals surface area contributed by atoms with Crippen LogP contribution in [0.25, 0.3) is 6.08 Å². The van der Waals surface area contributed by atoms with Crippen molar-refractivity contribution >= 4 is 17.8 Å². The van der Waals surface area contributed by atoms with E-state index in [1.165, 1.54) is 30.2 Å². The minimum absolute atomic E-state index is 1.09. The van der Waals surface area contributed by atoms with Crippen LogP contribution in [0.1, 0.15) is 5.56 Å². The molecule has 15 heavy (non-hydrogen) atoms. The van der Waals surface area contributed by atoms with Gasteiger partial charge in [0.15, 0.2) is 0 Å². The molecule has 0 unspecified atom stereocenters. The quantitative estimate of drug-likeness (QED) is 0.769. The SMILES string of the molecule is C(=C/c1ccccc1)/CN1CCSCC1. The summed E-state index contributed by atoms with van der Waals surface area (Å²) in [6.07, 6.45) is 4.48. The second-order valence-corrected chi connectivity index (χ2v) is 4.95. The van der Waals surface area contributed by atoms with Gasteiger partial charge in [-0.1, -0.05) is 42.5 Å². The molecule has 1 saturated heterocycles. The minimum Gasteiger partial charge on any atom is -0.298 e. The molecule has 1 aliphatic heterocycles. The van der Waals surface area contributed by atoms with Crippen molar-refractivity contribution < 1.29 is 0 Å². The molecule has 80 valence electrons. The number of hydrogen-bond acceptors (Lipinski definition) is 2. The van der Waals surface area contributed by atoms with Crippen LogP contribution in [0.3, 0.4) is 0 Å². The molecule has 0 aliphatic carbocycles. The number of thioether (sulfide) groups is 1. The highest BCUT2D eigenvalue weighted by atomic mass is 32.2. The summed E-state index contributed by atoms with van der Waals surface area (Å²) in [6.45, 7) is 3.57. The Kier molecular flexibility index (Phi) is 4.30. The molecule has 1 aromatic carbocycles. The zero-order valence-corrected chi connectivity index (χ0v) is 9.75.